The minimum atomic E-state index is -4.97. The smallest absolute Gasteiger partial charge is 0.462 e. The lowest BCUT2D eigenvalue weighted by atomic mass is 9.99. The topological polar surface area (TPSA) is 237 Å². The maximum atomic E-state index is 13.2. The maximum Gasteiger partial charge on any atom is 0.472 e. The monoisotopic (exact) mass is 1560 g/mol. The molecule has 0 bridgehead atoms. The van der Waals surface area contributed by atoms with Crippen molar-refractivity contribution in [3.8, 4) is 0 Å². The lowest BCUT2D eigenvalue weighted by Crippen LogP contribution is -2.30. The van der Waals surface area contributed by atoms with Gasteiger partial charge in [0.1, 0.15) is 19.3 Å². The summed E-state index contributed by atoms with van der Waals surface area (Å²) in [6.45, 7) is 14.4. The molecule has 0 amide bonds. The van der Waals surface area contributed by atoms with E-state index in [9.17, 15) is 43.2 Å². The normalized spacial score (nSPS) is 14.4. The molecule has 0 aromatic rings. The van der Waals surface area contributed by atoms with Gasteiger partial charge in [0, 0.05) is 25.7 Å². The van der Waals surface area contributed by atoms with Crippen LogP contribution in [0.2, 0.25) is 0 Å². The Hall–Kier alpha value is -1.94. The largest absolute Gasteiger partial charge is 0.472 e. The molecule has 636 valence electrons. The first-order chi connectivity index (χ1) is 51.7. The van der Waals surface area contributed by atoms with Crippen LogP contribution in [0, 0.1) is 23.7 Å². The highest BCUT2D eigenvalue weighted by atomic mass is 31.2. The first-order valence-electron chi connectivity index (χ1n) is 45.3. The molecule has 7 atom stereocenters. The van der Waals surface area contributed by atoms with Crippen LogP contribution in [0.4, 0.5) is 0 Å². The van der Waals surface area contributed by atoms with E-state index in [1.165, 1.54) is 263 Å². The van der Waals surface area contributed by atoms with Crippen molar-refractivity contribution in [1.82, 2.24) is 0 Å². The zero-order valence-electron chi connectivity index (χ0n) is 70.8. The van der Waals surface area contributed by atoms with Crippen molar-refractivity contribution in [2.75, 3.05) is 39.6 Å². The molecule has 0 saturated heterocycles. The highest BCUT2D eigenvalue weighted by molar-refractivity contribution is 7.47. The van der Waals surface area contributed by atoms with Crippen LogP contribution in [-0.4, -0.2) is 96.7 Å². The van der Waals surface area contributed by atoms with E-state index in [-0.39, 0.29) is 25.7 Å². The van der Waals surface area contributed by atoms with Crippen LogP contribution in [0.15, 0.2) is 0 Å². The van der Waals surface area contributed by atoms with E-state index in [1.807, 2.05) is 0 Å². The number of ether oxygens (including phenoxy) is 4. The van der Waals surface area contributed by atoms with E-state index < -0.39 is 97.5 Å². The number of hydrogen-bond donors (Lipinski definition) is 3. The minimum Gasteiger partial charge on any atom is -0.462 e. The number of unbranched alkanes of at least 4 members (excludes halogenated alkanes) is 49. The summed E-state index contributed by atoms with van der Waals surface area (Å²) in [6, 6.07) is 0. The third kappa shape index (κ3) is 79.1. The standard InChI is InChI=1S/C88H172O17P2/c1-9-80(7)66-58-50-42-34-26-20-15-17-22-28-36-44-52-60-68-85(90)98-74-83(104-87(92)70-62-54-46-37-29-23-14-12-11-13-19-25-32-40-48-56-64-78(3)4)76-102-106(94,95)100-72-82(89)73-101-107(96,97)103-77-84(75-99-86(91)69-61-53-45-39-31-33-41-49-57-65-79(5)6)105-88(93)71-63-55-47-38-30-24-18-16-21-27-35-43-51-59-67-81(8)10-2/h78-84,89H,9-77H2,1-8H3,(H,94,95)(H,96,97)/t80?,81?,82-,83-,84-/m1/s1. The predicted octanol–water partition coefficient (Wildman–Crippen LogP) is 26.7. The van der Waals surface area contributed by atoms with Gasteiger partial charge >= 0.3 is 39.5 Å². The maximum absolute atomic E-state index is 13.2. The first-order valence-corrected chi connectivity index (χ1v) is 48.3. The Bertz CT molecular complexity index is 2080. The third-order valence-electron chi connectivity index (χ3n) is 21.3. The lowest BCUT2D eigenvalue weighted by molar-refractivity contribution is -0.161. The molecule has 0 aliphatic rings. The second-order valence-corrected chi connectivity index (χ2v) is 36.0. The molecule has 0 spiro atoms. The first kappa shape index (κ1) is 105. The number of carbonyl (C=O) groups excluding carboxylic acids is 4. The van der Waals surface area contributed by atoms with Crippen molar-refractivity contribution in [3.63, 3.8) is 0 Å². The molecule has 0 rings (SSSR count). The van der Waals surface area contributed by atoms with E-state index in [0.717, 1.165) is 114 Å². The zero-order valence-corrected chi connectivity index (χ0v) is 72.6. The molecule has 0 aliphatic heterocycles. The molecule has 0 aliphatic carbocycles. The van der Waals surface area contributed by atoms with Gasteiger partial charge in [-0.25, -0.2) is 9.13 Å². The van der Waals surface area contributed by atoms with Crippen LogP contribution in [0.1, 0.15) is 460 Å². The van der Waals surface area contributed by atoms with E-state index >= 15 is 0 Å². The van der Waals surface area contributed by atoms with Crippen LogP contribution in [0.3, 0.4) is 0 Å². The fourth-order valence-corrected chi connectivity index (χ4v) is 15.2. The van der Waals surface area contributed by atoms with E-state index in [4.69, 9.17) is 37.0 Å². The van der Waals surface area contributed by atoms with Crippen LogP contribution < -0.4 is 0 Å². The number of hydrogen-bond acceptors (Lipinski definition) is 15. The highest BCUT2D eigenvalue weighted by Gasteiger charge is 2.31. The van der Waals surface area contributed by atoms with Crippen molar-refractivity contribution in [1.29, 1.82) is 0 Å². The Morgan fingerprint density at radius 3 is 0.664 bits per heavy atom. The highest BCUT2D eigenvalue weighted by Crippen LogP contribution is 2.45. The molecular weight excluding hydrogens is 1390 g/mol. The summed E-state index contributed by atoms with van der Waals surface area (Å²) in [5.41, 5.74) is 0. The van der Waals surface area contributed by atoms with Crippen LogP contribution in [0.5, 0.6) is 0 Å². The second kappa shape index (κ2) is 76.7. The summed E-state index contributed by atoms with van der Waals surface area (Å²) in [5, 5.41) is 10.7. The van der Waals surface area contributed by atoms with Crippen LogP contribution in [-0.2, 0) is 65.4 Å². The third-order valence-corrected chi connectivity index (χ3v) is 23.2. The summed E-state index contributed by atoms with van der Waals surface area (Å²) in [6.07, 6.45) is 66.4. The molecule has 19 heteroatoms. The van der Waals surface area contributed by atoms with E-state index in [1.54, 1.807) is 0 Å². The number of aliphatic hydroxyl groups excluding tert-OH is 1. The summed E-state index contributed by atoms with van der Waals surface area (Å²) in [7, 11) is -9.93. The molecule has 0 fully saturated rings. The molecule has 4 unspecified atom stereocenters. The van der Waals surface area contributed by atoms with Crippen LogP contribution >= 0.6 is 15.6 Å². The van der Waals surface area contributed by atoms with Crippen molar-refractivity contribution >= 4 is 39.5 Å². The average molecular weight is 1560 g/mol. The fourth-order valence-electron chi connectivity index (χ4n) is 13.6. The van der Waals surface area contributed by atoms with Gasteiger partial charge in [0.25, 0.3) is 0 Å². The fraction of sp³-hybridized carbons (Fsp3) is 0.955. The van der Waals surface area contributed by atoms with Crippen molar-refractivity contribution in [2.45, 2.75) is 478 Å². The number of phosphoric ester groups is 2. The molecule has 0 heterocycles. The van der Waals surface area contributed by atoms with Crippen LogP contribution in [0.25, 0.3) is 0 Å². The van der Waals surface area contributed by atoms with Gasteiger partial charge in [-0.05, 0) is 49.4 Å². The molecule has 0 radical (unpaired) electrons. The number of aliphatic hydroxyl groups is 1. The Morgan fingerprint density at radius 1 is 0.262 bits per heavy atom. The van der Waals surface area contributed by atoms with Gasteiger partial charge in [-0.3, -0.25) is 37.3 Å². The lowest BCUT2D eigenvalue weighted by Gasteiger charge is -2.21. The van der Waals surface area contributed by atoms with Gasteiger partial charge in [-0.15, -0.1) is 0 Å². The Morgan fingerprint density at radius 2 is 0.449 bits per heavy atom. The van der Waals surface area contributed by atoms with Crippen molar-refractivity contribution in [3.05, 3.63) is 0 Å². The molecule has 0 aromatic carbocycles. The van der Waals surface area contributed by atoms with Gasteiger partial charge in [0.05, 0.1) is 26.4 Å². The van der Waals surface area contributed by atoms with Gasteiger partial charge < -0.3 is 33.8 Å². The molecule has 107 heavy (non-hydrogen) atoms. The molecule has 0 saturated carbocycles. The number of esters is 4. The van der Waals surface area contributed by atoms with E-state index in [2.05, 4.69) is 55.4 Å². The van der Waals surface area contributed by atoms with Gasteiger partial charge in [-0.1, -0.05) is 409 Å². The quantitative estimate of drug-likeness (QED) is 0.0222. The Balaban J connectivity index is 5.27. The zero-order chi connectivity index (χ0) is 78.8. The van der Waals surface area contributed by atoms with Crippen molar-refractivity contribution in [2.24, 2.45) is 23.7 Å². The molecular formula is C88H172O17P2. The Labute approximate surface area is 658 Å². The molecule has 17 nitrogen and oxygen atoms in total. The number of phosphoric acid groups is 2. The summed E-state index contributed by atoms with van der Waals surface area (Å²) in [5.74, 6) is 1.14. The summed E-state index contributed by atoms with van der Waals surface area (Å²) < 4.78 is 69.0. The van der Waals surface area contributed by atoms with Crippen molar-refractivity contribution < 1.29 is 80.2 Å². The minimum absolute atomic E-state index is 0.107. The number of carbonyl (C=O) groups is 4. The molecule has 3 N–H and O–H groups in total. The summed E-state index contributed by atoms with van der Waals surface area (Å²) in [4.78, 5) is 73.3. The van der Waals surface area contributed by atoms with Gasteiger partial charge in [-0.2, -0.15) is 0 Å². The predicted molar refractivity (Wildman–Crippen MR) is 441 cm³/mol. The SMILES string of the molecule is CCC(C)CCCCCCCCCCCCCCCCC(=O)OC[C@H](COP(=O)(O)OC[C@@H](O)COP(=O)(O)OC[C@@H](COC(=O)CCCCCCCCCCCC(C)C)OC(=O)CCCCCCCCCCCCCCCCC(C)CC)OC(=O)CCCCCCCCCCCCCCCCCCC(C)C. The van der Waals surface area contributed by atoms with Gasteiger partial charge in [0.2, 0.25) is 0 Å². The Kier molecular flexibility index (Phi) is 75.3. The molecule has 0 aromatic heterocycles. The van der Waals surface area contributed by atoms with E-state index in [0.29, 0.717) is 25.7 Å². The number of rotatable bonds is 85. The summed E-state index contributed by atoms with van der Waals surface area (Å²) >= 11 is 0. The van der Waals surface area contributed by atoms with Gasteiger partial charge in [0.15, 0.2) is 12.2 Å². The average Bonchev–Trinajstić information content (AvgIpc) is 0.900. The second-order valence-electron chi connectivity index (χ2n) is 33.1.